The summed E-state index contributed by atoms with van der Waals surface area (Å²) in [7, 11) is 4.91. The van der Waals surface area contributed by atoms with E-state index < -0.39 is 5.97 Å². The van der Waals surface area contributed by atoms with E-state index in [0.717, 1.165) is 25.7 Å². The average molecular weight is 475 g/mol. The molecule has 0 unspecified atom stereocenters. The van der Waals surface area contributed by atoms with Crippen LogP contribution >= 0.6 is 0 Å². The monoisotopic (exact) mass is 474 g/mol. The molecule has 2 rings (SSSR count). The van der Waals surface area contributed by atoms with Crippen molar-refractivity contribution in [3.63, 3.8) is 0 Å². The third-order valence-electron chi connectivity index (χ3n) is 5.14. The molecule has 1 heterocycles. The molecule has 188 valence electrons. The first-order chi connectivity index (χ1) is 16.4. The van der Waals surface area contributed by atoms with Gasteiger partial charge in [-0.3, -0.25) is 9.36 Å². The highest BCUT2D eigenvalue weighted by molar-refractivity contribution is 6.02. The van der Waals surface area contributed by atoms with Gasteiger partial charge in [-0.25, -0.2) is 4.79 Å². The van der Waals surface area contributed by atoms with Crippen LogP contribution in [-0.2, 0) is 4.74 Å². The number of benzene rings is 1. The van der Waals surface area contributed by atoms with Crippen molar-refractivity contribution >= 4 is 11.9 Å². The molecule has 0 spiro atoms. The largest absolute Gasteiger partial charge is 0.497 e. The van der Waals surface area contributed by atoms with Crippen LogP contribution in [-0.4, -0.2) is 62.4 Å². The van der Waals surface area contributed by atoms with Gasteiger partial charge in [0.05, 0.1) is 26.9 Å². The Balaban J connectivity index is 2.84. The Hall–Kier alpha value is -3.16. The van der Waals surface area contributed by atoms with Gasteiger partial charge in [0.1, 0.15) is 5.75 Å². The normalized spacial score (nSPS) is 10.6. The van der Waals surface area contributed by atoms with E-state index in [1.165, 1.54) is 4.90 Å². The van der Waals surface area contributed by atoms with E-state index in [1.54, 1.807) is 50.0 Å². The first-order valence-corrected chi connectivity index (χ1v) is 12.0. The summed E-state index contributed by atoms with van der Waals surface area (Å²) >= 11 is 0. The van der Waals surface area contributed by atoms with Gasteiger partial charge in [-0.15, -0.1) is 0 Å². The molecule has 0 aliphatic rings. The zero-order chi connectivity index (χ0) is 25.1. The van der Waals surface area contributed by atoms with Crippen molar-refractivity contribution in [2.75, 3.05) is 41.0 Å². The number of aromatic nitrogens is 1. The maximum Gasteiger partial charge on any atom is 0.359 e. The van der Waals surface area contributed by atoms with Crippen LogP contribution in [0.25, 0.3) is 5.69 Å². The number of amides is 1. The zero-order valence-electron chi connectivity index (χ0n) is 21.3. The van der Waals surface area contributed by atoms with Crippen LogP contribution < -0.4 is 14.2 Å². The van der Waals surface area contributed by atoms with Gasteiger partial charge in [0.2, 0.25) is 0 Å². The maximum atomic E-state index is 13.4. The lowest BCUT2D eigenvalue weighted by molar-refractivity contribution is 0.0490. The van der Waals surface area contributed by atoms with Gasteiger partial charge < -0.3 is 23.8 Å². The van der Waals surface area contributed by atoms with Crippen molar-refractivity contribution in [1.29, 1.82) is 0 Å². The van der Waals surface area contributed by atoms with Crippen LogP contribution in [0.15, 0.2) is 24.3 Å². The zero-order valence-corrected chi connectivity index (χ0v) is 21.3. The minimum atomic E-state index is -0.567. The number of hydrogen-bond donors (Lipinski definition) is 0. The number of esters is 1. The molecule has 34 heavy (non-hydrogen) atoms. The summed E-state index contributed by atoms with van der Waals surface area (Å²) in [5, 5.41) is 0. The van der Waals surface area contributed by atoms with E-state index in [9.17, 15) is 9.59 Å². The highest BCUT2D eigenvalue weighted by Gasteiger charge is 2.35. The molecule has 0 N–H and O–H groups in total. The quantitative estimate of drug-likeness (QED) is 0.280. The van der Waals surface area contributed by atoms with Gasteiger partial charge in [-0.05, 0) is 43.5 Å². The Morgan fingerprint density at radius 2 is 1.38 bits per heavy atom. The van der Waals surface area contributed by atoms with Crippen LogP contribution in [0.3, 0.4) is 0 Å². The Morgan fingerprint density at radius 1 is 0.824 bits per heavy atom. The lowest BCUT2D eigenvalue weighted by Crippen LogP contribution is -2.26. The number of ether oxygens (including phenoxy) is 4. The smallest absolute Gasteiger partial charge is 0.359 e. The van der Waals surface area contributed by atoms with Gasteiger partial charge >= 0.3 is 5.97 Å². The predicted octanol–water partition coefficient (Wildman–Crippen LogP) is 5.11. The van der Waals surface area contributed by atoms with E-state index in [0.29, 0.717) is 31.1 Å². The summed E-state index contributed by atoms with van der Waals surface area (Å²) in [6.45, 7) is 7.08. The van der Waals surface area contributed by atoms with Crippen molar-refractivity contribution in [1.82, 2.24) is 9.47 Å². The van der Waals surface area contributed by atoms with Crippen LogP contribution in [0.4, 0.5) is 0 Å². The fourth-order valence-corrected chi connectivity index (χ4v) is 3.28. The number of carbonyl (C=O) groups is 2. The molecular weight excluding hydrogens is 436 g/mol. The molecule has 8 nitrogen and oxygen atoms in total. The second-order valence-corrected chi connectivity index (χ2v) is 8.13. The van der Waals surface area contributed by atoms with E-state index >= 15 is 0 Å². The molecule has 0 bridgehead atoms. The topological polar surface area (TPSA) is 79.2 Å². The lowest BCUT2D eigenvalue weighted by Gasteiger charge is -2.16. The van der Waals surface area contributed by atoms with Gasteiger partial charge in [-0.2, -0.15) is 0 Å². The van der Waals surface area contributed by atoms with Crippen LogP contribution in [0.5, 0.6) is 17.2 Å². The molecule has 0 saturated carbocycles. The summed E-state index contributed by atoms with van der Waals surface area (Å²) in [4.78, 5) is 28.2. The fourth-order valence-electron chi connectivity index (χ4n) is 3.28. The molecule has 2 aromatic rings. The van der Waals surface area contributed by atoms with Crippen molar-refractivity contribution in [2.45, 2.75) is 52.9 Å². The van der Waals surface area contributed by atoms with E-state index in [4.69, 9.17) is 18.9 Å². The molecule has 0 atom stereocenters. The van der Waals surface area contributed by atoms with Crippen LogP contribution in [0.1, 0.15) is 73.9 Å². The summed E-state index contributed by atoms with van der Waals surface area (Å²) in [6.07, 6.45) is 4.11. The number of methoxy groups -OCH3 is 1. The second kappa shape index (κ2) is 13.5. The van der Waals surface area contributed by atoms with Crippen molar-refractivity contribution in [2.24, 2.45) is 0 Å². The SMILES string of the molecule is CCCCOc1c(OCCCC)c(C(=O)N(C)C)n(-c2ccc(OC)cc2)c1C(=O)OCCC. The third kappa shape index (κ3) is 6.46. The van der Waals surface area contributed by atoms with Crippen molar-refractivity contribution in [3.8, 4) is 22.9 Å². The van der Waals surface area contributed by atoms with E-state index in [2.05, 4.69) is 13.8 Å². The highest BCUT2D eigenvalue weighted by atomic mass is 16.5. The van der Waals surface area contributed by atoms with E-state index in [1.807, 2.05) is 6.92 Å². The second-order valence-electron chi connectivity index (χ2n) is 8.13. The number of rotatable bonds is 14. The standard InChI is InChI=1S/C26H38N2O6/c1-7-10-17-32-23-21(25(29)27(4)5)28(19-12-14-20(31-6)15-13-19)22(26(30)34-16-9-3)24(23)33-18-11-8-2/h12-15H,7-11,16-18H2,1-6H3. The molecule has 0 aliphatic carbocycles. The number of carbonyl (C=O) groups excluding carboxylic acids is 2. The summed E-state index contributed by atoms with van der Waals surface area (Å²) in [6, 6.07) is 7.12. The lowest BCUT2D eigenvalue weighted by atomic mass is 10.2. The number of hydrogen-bond acceptors (Lipinski definition) is 6. The fraction of sp³-hybridized carbons (Fsp3) is 0.538. The molecule has 1 aromatic carbocycles. The van der Waals surface area contributed by atoms with Gasteiger partial charge in [0, 0.05) is 19.8 Å². The molecule has 0 saturated heterocycles. The summed E-state index contributed by atoms with van der Waals surface area (Å²) in [5.74, 6) is 0.291. The molecular formula is C26H38N2O6. The Kier molecular flexibility index (Phi) is 10.8. The molecule has 1 amide bonds. The number of nitrogens with zero attached hydrogens (tertiary/aromatic N) is 2. The van der Waals surface area contributed by atoms with Crippen molar-refractivity contribution < 1.29 is 28.5 Å². The maximum absolute atomic E-state index is 13.4. The van der Waals surface area contributed by atoms with Crippen LogP contribution in [0.2, 0.25) is 0 Å². The first kappa shape index (κ1) is 27.1. The average Bonchev–Trinajstić information content (AvgIpc) is 3.16. The Labute approximate surface area is 202 Å². The minimum absolute atomic E-state index is 0.145. The minimum Gasteiger partial charge on any atom is -0.497 e. The first-order valence-electron chi connectivity index (χ1n) is 12.0. The summed E-state index contributed by atoms with van der Waals surface area (Å²) < 4.78 is 24.6. The third-order valence-corrected chi connectivity index (χ3v) is 5.14. The predicted molar refractivity (Wildman–Crippen MR) is 132 cm³/mol. The van der Waals surface area contributed by atoms with Crippen molar-refractivity contribution in [3.05, 3.63) is 35.7 Å². The Bertz CT molecular complexity index is 934. The van der Waals surface area contributed by atoms with Gasteiger partial charge in [0.15, 0.2) is 22.9 Å². The molecule has 0 radical (unpaired) electrons. The van der Waals surface area contributed by atoms with Gasteiger partial charge in [-0.1, -0.05) is 33.6 Å². The molecule has 0 aliphatic heterocycles. The highest BCUT2D eigenvalue weighted by Crippen LogP contribution is 2.42. The van der Waals surface area contributed by atoms with Crippen LogP contribution in [0, 0.1) is 0 Å². The van der Waals surface area contributed by atoms with E-state index in [-0.39, 0.29) is 35.4 Å². The molecule has 1 aromatic heterocycles. The molecule has 0 fully saturated rings. The summed E-state index contributed by atoms with van der Waals surface area (Å²) in [5.41, 5.74) is 0.966. The number of unbranched alkanes of at least 4 members (excludes halogenated alkanes) is 2. The van der Waals surface area contributed by atoms with Gasteiger partial charge in [0.25, 0.3) is 5.91 Å². The molecule has 8 heteroatoms. The Morgan fingerprint density at radius 3 is 1.85 bits per heavy atom.